The Balaban J connectivity index is 3.01. The SMILES string of the molecule is CCCC1(C(=O)O)CCCN1S(=O)(=O)CCOC. The van der Waals surface area contributed by atoms with Gasteiger partial charge in [0.05, 0.1) is 12.4 Å². The van der Waals surface area contributed by atoms with Crippen molar-refractivity contribution in [3.63, 3.8) is 0 Å². The minimum Gasteiger partial charge on any atom is -0.480 e. The Bertz CT molecular complexity index is 394. The van der Waals surface area contributed by atoms with Crippen molar-refractivity contribution in [2.45, 2.75) is 38.1 Å². The fourth-order valence-electron chi connectivity index (χ4n) is 2.54. The van der Waals surface area contributed by atoms with Gasteiger partial charge in [-0.05, 0) is 19.3 Å². The quantitative estimate of drug-likeness (QED) is 0.741. The van der Waals surface area contributed by atoms with E-state index in [0.29, 0.717) is 32.2 Å². The Morgan fingerprint density at radius 3 is 2.67 bits per heavy atom. The van der Waals surface area contributed by atoms with Crippen molar-refractivity contribution in [2.75, 3.05) is 26.0 Å². The molecule has 6 nitrogen and oxygen atoms in total. The van der Waals surface area contributed by atoms with Crippen LogP contribution in [0.3, 0.4) is 0 Å². The fraction of sp³-hybridized carbons (Fsp3) is 0.909. The van der Waals surface area contributed by atoms with Crippen LogP contribution in [-0.4, -0.2) is 55.4 Å². The molecule has 1 saturated heterocycles. The summed E-state index contributed by atoms with van der Waals surface area (Å²) in [4.78, 5) is 11.5. The van der Waals surface area contributed by atoms with E-state index in [-0.39, 0.29) is 12.4 Å². The average Bonchev–Trinajstić information content (AvgIpc) is 2.73. The molecule has 1 rings (SSSR count). The van der Waals surface area contributed by atoms with Crippen molar-refractivity contribution < 1.29 is 23.1 Å². The van der Waals surface area contributed by atoms with Gasteiger partial charge in [-0.15, -0.1) is 0 Å². The molecule has 18 heavy (non-hydrogen) atoms. The number of carboxylic acids is 1. The van der Waals surface area contributed by atoms with Crippen molar-refractivity contribution in [3.8, 4) is 0 Å². The van der Waals surface area contributed by atoms with Crippen LogP contribution in [0.5, 0.6) is 0 Å². The number of ether oxygens (including phenoxy) is 1. The van der Waals surface area contributed by atoms with E-state index in [1.54, 1.807) is 0 Å². The van der Waals surface area contributed by atoms with E-state index in [4.69, 9.17) is 4.74 Å². The van der Waals surface area contributed by atoms with Gasteiger partial charge in [0, 0.05) is 13.7 Å². The fourth-order valence-corrected chi connectivity index (χ4v) is 4.34. The smallest absolute Gasteiger partial charge is 0.325 e. The van der Waals surface area contributed by atoms with Crippen molar-refractivity contribution >= 4 is 16.0 Å². The first-order chi connectivity index (χ1) is 8.40. The van der Waals surface area contributed by atoms with Gasteiger partial charge in [0.15, 0.2) is 0 Å². The second-order valence-electron chi connectivity index (χ2n) is 4.57. The second kappa shape index (κ2) is 5.99. The molecule has 0 bridgehead atoms. The predicted octanol–water partition coefficient (Wildman–Crippen LogP) is 0.682. The molecule has 0 aromatic carbocycles. The van der Waals surface area contributed by atoms with Crippen LogP contribution in [0.25, 0.3) is 0 Å². The molecule has 7 heteroatoms. The van der Waals surface area contributed by atoms with Gasteiger partial charge >= 0.3 is 5.97 Å². The van der Waals surface area contributed by atoms with Crippen molar-refractivity contribution in [3.05, 3.63) is 0 Å². The summed E-state index contributed by atoms with van der Waals surface area (Å²) in [6.07, 6.45) is 1.98. The van der Waals surface area contributed by atoms with E-state index >= 15 is 0 Å². The highest BCUT2D eigenvalue weighted by Crippen LogP contribution is 2.36. The van der Waals surface area contributed by atoms with Crippen molar-refractivity contribution in [1.29, 1.82) is 0 Å². The van der Waals surface area contributed by atoms with Crippen LogP contribution in [0, 0.1) is 0 Å². The number of hydrogen-bond acceptors (Lipinski definition) is 4. The lowest BCUT2D eigenvalue weighted by Gasteiger charge is -2.33. The maximum atomic E-state index is 12.2. The van der Waals surface area contributed by atoms with Gasteiger partial charge < -0.3 is 9.84 Å². The highest BCUT2D eigenvalue weighted by Gasteiger charge is 2.51. The van der Waals surface area contributed by atoms with Crippen LogP contribution < -0.4 is 0 Å². The number of carboxylic acid groups (broad SMARTS) is 1. The predicted molar refractivity (Wildman–Crippen MR) is 66.9 cm³/mol. The molecule has 0 aromatic heterocycles. The van der Waals surface area contributed by atoms with E-state index < -0.39 is 21.5 Å². The number of methoxy groups -OCH3 is 1. The minimum absolute atomic E-state index is 0.0840. The zero-order valence-electron chi connectivity index (χ0n) is 10.9. The third-order valence-electron chi connectivity index (χ3n) is 3.37. The zero-order valence-corrected chi connectivity index (χ0v) is 11.7. The van der Waals surface area contributed by atoms with Crippen LogP contribution in [0.15, 0.2) is 0 Å². The maximum absolute atomic E-state index is 12.2. The molecule has 1 aliphatic rings. The highest BCUT2D eigenvalue weighted by atomic mass is 32.2. The number of hydrogen-bond donors (Lipinski definition) is 1. The Morgan fingerprint density at radius 2 is 2.17 bits per heavy atom. The summed E-state index contributed by atoms with van der Waals surface area (Å²) in [6, 6.07) is 0. The highest BCUT2D eigenvalue weighted by molar-refractivity contribution is 7.89. The number of rotatable bonds is 7. The van der Waals surface area contributed by atoms with Gasteiger partial charge in [-0.2, -0.15) is 4.31 Å². The lowest BCUT2D eigenvalue weighted by Crippen LogP contribution is -2.53. The Hall–Kier alpha value is -0.660. The van der Waals surface area contributed by atoms with Gasteiger partial charge in [0.2, 0.25) is 10.0 Å². The largest absolute Gasteiger partial charge is 0.480 e. The van der Waals surface area contributed by atoms with Crippen molar-refractivity contribution in [2.24, 2.45) is 0 Å². The molecule has 1 heterocycles. The van der Waals surface area contributed by atoms with Crippen LogP contribution in [-0.2, 0) is 19.6 Å². The van der Waals surface area contributed by atoms with E-state index in [2.05, 4.69) is 0 Å². The summed E-state index contributed by atoms with van der Waals surface area (Å²) < 4.78 is 30.3. The number of nitrogens with zero attached hydrogens (tertiary/aromatic N) is 1. The van der Waals surface area contributed by atoms with E-state index in [0.717, 1.165) is 0 Å². The molecule has 0 spiro atoms. The molecular formula is C11H21NO5S. The van der Waals surface area contributed by atoms with E-state index in [1.807, 2.05) is 6.92 Å². The molecule has 1 aliphatic heterocycles. The molecule has 0 aromatic rings. The van der Waals surface area contributed by atoms with Gasteiger partial charge in [-0.3, -0.25) is 4.79 Å². The molecule has 106 valence electrons. The van der Waals surface area contributed by atoms with Crippen LogP contribution in [0.1, 0.15) is 32.6 Å². The first kappa shape index (κ1) is 15.4. The normalized spacial score (nSPS) is 25.4. The monoisotopic (exact) mass is 279 g/mol. The first-order valence-electron chi connectivity index (χ1n) is 6.13. The van der Waals surface area contributed by atoms with Crippen LogP contribution in [0.4, 0.5) is 0 Å². The molecule has 0 saturated carbocycles. The summed E-state index contributed by atoms with van der Waals surface area (Å²) in [5.74, 6) is -1.20. The average molecular weight is 279 g/mol. The number of aliphatic carboxylic acids is 1. The molecule has 1 unspecified atom stereocenters. The molecule has 1 atom stereocenters. The van der Waals surface area contributed by atoms with Crippen LogP contribution in [0.2, 0.25) is 0 Å². The summed E-state index contributed by atoms with van der Waals surface area (Å²) in [5.41, 5.74) is -1.25. The standard InChI is InChI=1S/C11H21NO5S/c1-3-5-11(10(13)14)6-4-7-12(11)18(15,16)9-8-17-2/h3-9H2,1-2H3,(H,13,14). The maximum Gasteiger partial charge on any atom is 0.325 e. The molecule has 1 N–H and O–H groups in total. The lowest BCUT2D eigenvalue weighted by atomic mass is 9.92. The summed E-state index contributed by atoms with van der Waals surface area (Å²) >= 11 is 0. The number of sulfonamides is 1. The Morgan fingerprint density at radius 1 is 1.50 bits per heavy atom. The summed E-state index contributed by atoms with van der Waals surface area (Å²) in [6.45, 7) is 2.24. The third-order valence-corrected chi connectivity index (χ3v) is 5.26. The summed E-state index contributed by atoms with van der Waals surface area (Å²) in [5, 5.41) is 9.42. The lowest BCUT2D eigenvalue weighted by molar-refractivity contribution is -0.147. The molecule has 0 aliphatic carbocycles. The summed E-state index contributed by atoms with van der Waals surface area (Å²) in [7, 11) is -2.14. The molecule has 0 radical (unpaired) electrons. The topological polar surface area (TPSA) is 83.9 Å². The van der Waals surface area contributed by atoms with E-state index in [1.165, 1.54) is 11.4 Å². The Labute approximate surface area is 108 Å². The van der Waals surface area contributed by atoms with Gasteiger partial charge in [0.25, 0.3) is 0 Å². The second-order valence-corrected chi connectivity index (χ2v) is 6.58. The zero-order chi connectivity index (χ0) is 13.8. The Kier molecular flexibility index (Phi) is 5.12. The van der Waals surface area contributed by atoms with E-state index in [9.17, 15) is 18.3 Å². The van der Waals surface area contributed by atoms with Gasteiger partial charge in [-0.1, -0.05) is 13.3 Å². The molecule has 0 amide bonds. The first-order valence-corrected chi connectivity index (χ1v) is 7.74. The molecule has 1 fully saturated rings. The minimum atomic E-state index is -3.57. The third kappa shape index (κ3) is 2.84. The van der Waals surface area contributed by atoms with Crippen LogP contribution >= 0.6 is 0 Å². The van der Waals surface area contributed by atoms with Gasteiger partial charge in [-0.25, -0.2) is 8.42 Å². The van der Waals surface area contributed by atoms with Crippen molar-refractivity contribution in [1.82, 2.24) is 4.31 Å². The number of carbonyl (C=O) groups is 1. The molecular weight excluding hydrogens is 258 g/mol. The van der Waals surface area contributed by atoms with Gasteiger partial charge in [0.1, 0.15) is 5.54 Å².